The molecule has 0 spiro atoms. The van der Waals surface area contributed by atoms with Gasteiger partial charge in [-0.2, -0.15) is 0 Å². The van der Waals surface area contributed by atoms with E-state index in [0.717, 1.165) is 0 Å². The van der Waals surface area contributed by atoms with Crippen LogP contribution in [0.5, 0.6) is 0 Å². The van der Waals surface area contributed by atoms with Crippen molar-refractivity contribution in [2.75, 3.05) is 26.7 Å². The van der Waals surface area contributed by atoms with Crippen LogP contribution in [-0.2, 0) is 0 Å². The first-order valence-electron chi connectivity index (χ1n) is 6.09. The summed E-state index contributed by atoms with van der Waals surface area (Å²) < 4.78 is 0. The topological polar surface area (TPSA) is 15.3 Å². The predicted molar refractivity (Wildman–Crippen MR) is 67.1 cm³/mol. The van der Waals surface area contributed by atoms with Crippen LogP contribution in [0, 0.1) is 5.41 Å². The average Bonchev–Trinajstić information content (AvgIpc) is 2.46. The van der Waals surface area contributed by atoms with Crippen LogP contribution in [0.2, 0.25) is 0 Å². The molecule has 1 rings (SSSR count). The van der Waals surface area contributed by atoms with Crippen LogP contribution in [0.15, 0.2) is 12.2 Å². The van der Waals surface area contributed by atoms with Crippen molar-refractivity contribution in [2.24, 2.45) is 5.41 Å². The highest BCUT2D eigenvalue weighted by Gasteiger charge is 2.34. The van der Waals surface area contributed by atoms with Crippen molar-refractivity contribution in [1.82, 2.24) is 10.2 Å². The van der Waals surface area contributed by atoms with Crippen molar-refractivity contribution >= 4 is 0 Å². The monoisotopic (exact) mass is 210 g/mol. The molecule has 1 aliphatic heterocycles. The fourth-order valence-corrected chi connectivity index (χ4v) is 2.20. The molecule has 0 amide bonds. The second kappa shape index (κ2) is 5.66. The van der Waals surface area contributed by atoms with E-state index in [1.807, 2.05) is 0 Å². The van der Waals surface area contributed by atoms with Gasteiger partial charge in [-0.05, 0) is 38.8 Å². The molecule has 1 N–H and O–H groups in total. The summed E-state index contributed by atoms with van der Waals surface area (Å²) >= 11 is 0. The summed E-state index contributed by atoms with van der Waals surface area (Å²) in [7, 11) is 2.22. The van der Waals surface area contributed by atoms with Gasteiger partial charge < -0.3 is 10.2 Å². The Kier molecular flexibility index (Phi) is 4.81. The van der Waals surface area contributed by atoms with Crippen molar-refractivity contribution in [3.8, 4) is 0 Å². The molecule has 0 saturated carbocycles. The summed E-state index contributed by atoms with van der Waals surface area (Å²) in [4.78, 5) is 2.44. The lowest BCUT2D eigenvalue weighted by molar-refractivity contribution is 0.226. The number of hydrogen-bond donors (Lipinski definition) is 1. The number of likely N-dealkylation sites (N-methyl/N-ethyl adjacent to an activating group) is 1. The van der Waals surface area contributed by atoms with E-state index in [4.69, 9.17) is 0 Å². The summed E-state index contributed by atoms with van der Waals surface area (Å²) in [5.41, 5.74) is 0.467. The van der Waals surface area contributed by atoms with Gasteiger partial charge in [0, 0.05) is 19.1 Å². The van der Waals surface area contributed by atoms with E-state index in [-0.39, 0.29) is 0 Å². The van der Waals surface area contributed by atoms with Crippen molar-refractivity contribution in [3.05, 3.63) is 12.2 Å². The molecule has 1 unspecified atom stereocenters. The van der Waals surface area contributed by atoms with E-state index in [9.17, 15) is 0 Å². The molecule has 1 atom stereocenters. The van der Waals surface area contributed by atoms with Crippen LogP contribution < -0.4 is 5.32 Å². The van der Waals surface area contributed by atoms with Crippen LogP contribution in [0.1, 0.15) is 33.6 Å². The van der Waals surface area contributed by atoms with Crippen molar-refractivity contribution in [1.29, 1.82) is 0 Å². The van der Waals surface area contributed by atoms with E-state index >= 15 is 0 Å². The predicted octanol–water partition coefficient (Wildman–Crippen LogP) is 2.27. The molecular weight excluding hydrogens is 184 g/mol. The zero-order chi connectivity index (χ0) is 11.3. The van der Waals surface area contributed by atoms with E-state index in [1.54, 1.807) is 0 Å². The molecule has 0 aromatic carbocycles. The molecule has 0 bridgehead atoms. The number of rotatable bonds is 5. The Morgan fingerprint density at radius 2 is 2.20 bits per heavy atom. The van der Waals surface area contributed by atoms with Gasteiger partial charge in [-0.3, -0.25) is 0 Å². The fraction of sp³-hybridized carbons (Fsp3) is 0.846. The fourth-order valence-electron chi connectivity index (χ4n) is 2.20. The number of nitrogens with one attached hydrogen (secondary N) is 1. The Balaban J connectivity index is 2.28. The molecule has 1 aliphatic rings. The molecule has 0 radical (unpaired) electrons. The lowest BCUT2D eigenvalue weighted by atomic mass is 9.85. The largest absolute Gasteiger partial charge is 0.312 e. The first-order chi connectivity index (χ1) is 7.06. The molecule has 1 fully saturated rings. The van der Waals surface area contributed by atoms with E-state index in [1.165, 1.54) is 32.5 Å². The van der Waals surface area contributed by atoms with Crippen LogP contribution >= 0.6 is 0 Å². The third-order valence-electron chi connectivity index (χ3n) is 3.51. The number of nitrogens with zero attached hydrogens (tertiary/aromatic N) is 1. The Hall–Kier alpha value is -0.340. The van der Waals surface area contributed by atoms with Crippen molar-refractivity contribution < 1.29 is 0 Å². The van der Waals surface area contributed by atoms with Gasteiger partial charge in [0.2, 0.25) is 0 Å². The Labute approximate surface area is 94.7 Å². The van der Waals surface area contributed by atoms with Crippen LogP contribution in [-0.4, -0.2) is 37.6 Å². The van der Waals surface area contributed by atoms with Crippen LogP contribution in [0.4, 0.5) is 0 Å². The zero-order valence-corrected chi connectivity index (χ0v) is 10.7. The van der Waals surface area contributed by atoms with Gasteiger partial charge in [0.15, 0.2) is 0 Å². The molecule has 2 nitrogen and oxygen atoms in total. The van der Waals surface area contributed by atoms with Gasteiger partial charge in [0.25, 0.3) is 0 Å². The lowest BCUT2D eigenvalue weighted by Crippen LogP contribution is -2.42. The molecule has 0 aliphatic carbocycles. The lowest BCUT2D eigenvalue weighted by Gasteiger charge is -2.30. The van der Waals surface area contributed by atoms with Gasteiger partial charge >= 0.3 is 0 Å². The van der Waals surface area contributed by atoms with Crippen molar-refractivity contribution in [2.45, 2.75) is 39.7 Å². The third-order valence-corrected chi connectivity index (χ3v) is 3.51. The number of allylic oxidation sites excluding steroid dienone is 1. The highest BCUT2D eigenvalue weighted by atomic mass is 15.1. The van der Waals surface area contributed by atoms with E-state index in [2.05, 4.69) is 50.2 Å². The summed E-state index contributed by atoms with van der Waals surface area (Å²) in [6.07, 6.45) is 6.84. The SMILES string of the molecule is C/C=C/CCN(C)CC1NCCC1(C)C. The Morgan fingerprint density at radius 3 is 2.73 bits per heavy atom. The maximum atomic E-state index is 3.61. The Morgan fingerprint density at radius 1 is 1.47 bits per heavy atom. The van der Waals surface area contributed by atoms with Crippen LogP contribution in [0.25, 0.3) is 0 Å². The summed E-state index contributed by atoms with van der Waals surface area (Å²) in [5.74, 6) is 0. The molecule has 0 aromatic rings. The van der Waals surface area contributed by atoms with Gasteiger partial charge in [-0.25, -0.2) is 0 Å². The average molecular weight is 210 g/mol. The minimum Gasteiger partial charge on any atom is -0.312 e. The highest BCUT2D eigenvalue weighted by Crippen LogP contribution is 2.29. The molecule has 1 saturated heterocycles. The molecule has 0 aromatic heterocycles. The van der Waals surface area contributed by atoms with Gasteiger partial charge in [-0.1, -0.05) is 26.0 Å². The molecule has 2 heteroatoms. The van der Waals surface area contributed by atoms with E-state index < -0.39 is 0 Å². The van der Waals surface area contributed by atoms with Gasteiger partial charge in [0.05, 0.1) is 0 Å². The molecule has 1 heterocycles. The smallest absolute Gasteiger partial charge is 0.0246 e. The molecule has 88 valence electrons. The third kappa shape index (κ3) is 3.96. The maximum absolute atomic E-state index is 3.61. The summed E-state index contributed by atoms with van der Waals surface area (Å²) in [6.45, 7) is 10.3. The first-order valence-corrected chi connectivity index (χ1v) is 6.09. The van der Waals surface area contributed by atoms with Crippen LogP contribution in [0.3, 0.4) is 0 Å². The van der Waals surface area contributed by atoms with Gasteiger partial charge in [0.1, 0.15) is 0 Å². The van der Waals surface area contributed by atoms with E-state index in [0.29, 0.717) is 11.5 Å². The Bertz CT molecular complexity index is 209. The zero-order valence-electron chi connectivity index (χ0n) is 10.7. The summed E-state index contributed by atoms with van der Waals surface area (Å²) in [6, 6.07) is 0.660. The second-order valence-electron chi connectivity index (χ2n) is 5.37. The van der Waals surface area contributed by atoms with Gasteiger partial charge in [-0.15, -0.1) is 0 Å². The molecule has 15 heavy (non-hydrogen) atoms. The molecular formula is C13H26N2. The number of hydrogen-bond acceptors (Lipinski definition) is 2. The maximum Gasteiger partial charge on any atom is 0.0246 e. The second-order valence-corrected chi connectivity index (χ2v) is 5.37. The highest BCUT2D eigenvalue weighted by molar-refractivity contribution is 4.92. The quantitative estimate of drug-likeness (QED) is 0.700. The first kappa shape index (κ1) is 12.7. The minimum absolute atomic E-state index is 0.467. The normalized spacial score (nSPS) is 25.5. The minimum atomic E-state index is 0.467. The standard InChI is InChI=1S/C13H26N2/c1-5-6-7-10-15(4)11-12-13(2,3)8-9-14-12/h5-6,12,14H,7-11H2,1-4H3/b6-5+. The summed E-state index contributed by atoms with van der Waals surface area (Å²) in [5, 5.41) is 3.61. The van der Waals surface area contributed by atoms with Crippen molar-refractivity contribution in [3.63, 3.8) is 0 Å².